The molecule has 0 aromatic carbocycles. The van der Waals surface area contributed by atoms with Crippen LogP contribution in [0.15, 0.2) is 14.5 Å². The third-order valence-electron chi connectivity index (χ3n) is 1.85. The molecule has 0 fully saturated rings. The van der Waals surface area contributed by atoms with Crippen molar-refractivity contribution in [3.05, 3.63) is 11.6 Å². The number of aryl methyl sites for hydroxylation is 1. The molecule has 1 aliphatic heterocycles. The molecule has 0 aliphatic carbocycles. The van der Waals surface area contributed by atoms with E-state index in [4.69, 9.17) is 10.2 Å². The summed E-state index contributed by atoms with van der Waals surface area (Å²) in [7, 11) is -2.49. The molecule has 4 nitrogen and oxygen atoms in total. The predicted molar refractivity (Wildman–Crippen MR) is 74.2 cm³/mol. The lowest BCUT2D eigenvalue weighted by atomic mass is 10.2. The predicted octanol–water partition coefficient (Wildman–Crippen LogP) is 2.07. The molecule has 17 heavy (non-hydrogen) atoms. The fourth-order valence-corrected chi connectivity index (χ4v) is 4.68. The molecule has 7 heteroatoms. The minimum atomic E-state index is -3.49. The summed E-state index contributed by atoms with van der Waals surface area (Å²) >= 11 is 3.02. The molecule has 1 aliphatic rings. The van der Waals surface area contributed by atoms with Crippen molar-refractivity contribution >= 4 is 33.1 Å². The second kappa shape index (κ2) is 8.10. The minimum Gasteiger partial charge on any atom is -0.400 e. The molecule has 0 radical (unpaired) electrons. The van der Waals surface area contributed by atoms with Gasteiger partial charge in [-0.05, 0) is 30.2 Å². The molecule has 0 atom stereocenters. The van der Waals surface area contributed by atoms with E-state index in [1.165, 1.54) is 11.3 Å². The van der Waals surface area contributed by atoms with Crippen molar-refractivity contribution in [1.82, 2.24) is 0 Å². The Labute approximate surface area is 111 Å². The Morgan fingerprint density at radius 1 is 1.35 bits per heavy atom. The number of hydrogen-bond acceptors (Lipinski definition) is 5. The first-order valence-electron chi connectivity index (χ1n) is 5.30. The van der Waals surface area contributed by atoms with Crippen LogP contribution in [0.2, 0.25) is 0 Å². The van der Waals surface area contributed by atoms with Gasteiger partial charge in [-0.1, -0.05) is 13.8 Å². The Balaban J connectivity index is 0.000000581. The van der Waals surface area contributed by atoms with Crippen molar-refractivity contribution in [2.45, 2.75) is 35.1 Å². The molecule has 2 rings (SSSR count). The highest BCUT2D eigenvalue weighted by molar-refractivity contribution is 8.01. The highest BCUT2D eigenvalue weighted by Crippen LogP contribution is 2.38. The number of nitrogens with two attached hydrogens (primary N) is 1. The van der Waals surface area contributed by atoms with Crippen LogP contribution in [0.5, 0.6) is 0 Å². The van der Waals surface area contributed by atoms with Gasteiger partial charge in [0.2, 0.25) is 10.0 Å². The zero-order valence-electron chi connectivity index (χ0n) is 10.3. The van der Waals surface area contributed by atoms with Crippen molar-refractivity contribution in [3.63, 3.8) is 0 Å². The quantitative estimate of drug-likeness (QED) is 0.831. The first-order valence-corrected chi connectivity index (χ1v) is 8.65. The van der Waals surface area contributed by atoms with Crippen LogP contribution in [0.25, 0.3) is 0 Å². The summed E-state index contributed by atoms with van der Waals surface area (Å²) in [6, 6.07) is 1.71. The van der Waals surface area contributed by atoms with Crippen LogP contribution in [0.1, 0.15) is 25.8 Å². The van der Waals surface area contributed by atoms with Gasteiger partial charge in [0.15, 0.2) is 0 Å². The summed E-state index contributed by atoms with van der Waals surface area (Å²) in [5.74, 6) is 1.08. The number of hydrogen-bond donors (Lipinski definition) is 2. The van der Waals surface area contributed by atoms with Gasteiger partial charge in [0, 0.05) is 7.11 Å². The highest BCUT2D eigenvalue weighted by Gasteiger charge is 2.18. The van der Waals surface area contributed by atoms with E-state index in [2.05, 4.69) is 0 Å². The van der Waals surface area contributed by atoms with Crippen LogP contribution in [0.4, 0.5) is 0 Å². The molecule has 0 amide bonds. The summed E-state index contributed by atoms with van der Waals surface area (Å²) in [6.07, 6.45) is 2.10. The first kappa shape index (κ1) is 16.9. The van der Waals surface area contributed by atoms with E-state index in [1.54, 1.807) is 17.8 Å². The van der Waals surface area contributed by atoms with E-state index in [0.29, 0.717) is 4.21 Å². The molecule has 0 bridgehead atoms. The lowest BCUT2D eigenvalue weighted by molar-refractivity contribution is 0.399. The third-order valence-corrected chi connectivity index (χ3v) is 5.86. The zero-order chi connectivity index (χ0) is 13.5. The van der Waals surface area contributed by atoms with Gasteiger partial charge in [0.1, 0.15) is 4.21 Å². The Kier molecular flexibility index (Phi) is 8.06. The molecule has 0 saturated carbocycles. The topological polar surface area (TPSA) is 80.4 Å². The summed E-state index contributed by atoms with van der Waals surface area (Å²) < 4.78 is 23.5. The Hall–Kier alpha value is -0.0800. The Morgan fingerprint density at radius 3 is 2.41 bits per heavy atom. The summed E-state index contributed by atoms with van der Waals surface area (Å²) in [4.78, 5) is 0. The molecule has 0 spiro atoms. The van der Waals surface area contributed by atoms with Crippen LogP contribution < -0.4 is 5.14 Å². The molecule has 1 aromatic heterocycles. The zero-order valence-corrected chi connectivity index (χ0v) is 12.7. The van der Waals surface area contributed by atoms with Crippen LogP contribution in [-0.4, -0.2) is 26.4 Å². The van der Waals surface area contributed by atoms with Gasteiger partial charge in [0.25, 0.3) is 0 Å². The number of sulfonamides is 1. The van der Waals surface area contributed by atoms with Gasteiger partial charge in [-0.3, -0.25) is 0 Å². The van der Waals surface area contributed by atoms with Gasteiger partial charge < -0.3 is 5.11 Å². The van der Waals surface area contributed by atoms with Crippen LogP contribution in [0.3, 0.4) is 0 Å². The number of aliphatic hydroxyl groups is 1. The lowest BCUT2D eigenvalue weighted by Gasteiger charge is -2.07. The van der Waals surface area contributed by atoms with E-state index in [0.717, 1.165) is 35.5 Å². The summed E-state index contributed by atoms with van der Waals surface area (Å²) in [5.41, 5.74) is 1.14. The third kappa shape index (κ3) is 4.97. The highest BCUT2D eigenvalue weighted by atomic mass is 32.3. The van der Waals surface area contributed by atoms with Gasteiger partial charge in [-0.15, -0.1) is 23.1 Å². The molecular weight excluding hydrogens is 278 g/mol. The van der Waals surface area contributed by atoms with Crippen LogP contribution in [0, 0.1) is 0 Å². The smallest absolute Gasteiger partial charge is 0.247 e. The average molecular weight is 297 g/mol. The monoisotopic (exact) mass is 297 g/mol. The maximum absolute atomic E-state index is 11.0. The second-order valence-corrected chi connectivity index (χ2v) is 7.08. The lowest BCUT2D eigenvalue weighted by Crippen LogP contribution is -2.09. The molecule has 0 saturated heterocycles. The van der Waals surface area contributed by atoms with Crippen molar-refractivity contribution in [1.29, 1.82) is 0 Å². The minimum absolute atomic E-state index is 0.298. The van der Waals surface area contributed by atoms with E-state index in [1.807, 2.05) is 13.8 Å². The number of aliphatic hydroxyl groups excluding tert-OH is 1. The maximum Gasteiger partial charge on any atom is 0.247 e. The van der Waals surface area contributed by atoms with Gasteiger partial charge in [-0.2, -0.15) is 0 Å². The molecular formula is C10H19NO3S3. The largest absolute Gasteiger partial charge is 0.400 e. The molecule has 1 aromatic rings. The molecule has 100 valence electrons. The molecule has 0 unspecified atom stereocenters. The molecule has 2 heterocycles. The van der Waals surface area contributed by atoms with Crippen molar-refractivity contribution < 1.29 is 13.5 Å². The normalized spacial score (nSPS) is 13.7. The standard InChI is InChI=1S/C7H9NO2S3.C2H6.CH4O/c8-13(9,10)6-4-5-2-1-3-11-7(5)12-6;2*1-2/h4H,1-3H2,(H2,8,9,10);1-2H3;2H,1H3. The van der Waals surface area contributed by atoms with E-state index in [9.17, 15) is 8.42 Å². The van der Waals surface area contributed by atoms with E-state index in [-0.39, 0.29) is 0 Å². The SMILES string of the molecule is CC.CO.NS(=O)(=O)c1cc2c(s1)SCCC2. The fourth-order valence-electron chi connectivity index (χ4n) is 1.25. The first-order chi connectivity index (χ1) is 8.07. The van der Waals surface area contributed by atoms with Gasteiger partial charge >= 0.3 is 0 Å². The maximum atomic E-state index is 11.0. The van der Waals surface area contributed by atoms with Crippen molar-refractivity contribution in [3.8, 4) is 0 Å². The summed E-state index contributed by atoms with van der Waals surface area (Å²) in [6.45, 7) is 4.00. The summed E-state index contributed by atoms with van der Waals surface area (Å²) in [5, 5.41) is 12.0. The van der Waals surface area contributed by atoms with Crippen LogP contribution in [-0.2, 0) is 16.4 Å². The van der Waals surface area contributed by atoms with E-state index < -0.39 is 10.0 Å². The van der Waals surface area contributed by atoms with Gasteiger partial charge in [-0.25, -0.2) is 13.6 Å². The number of fused-ring (bicyclic) bond motifs is 1. The van der Waals surface area contributed by atoms with Crippen molar-refractivity contribution in [2.75, 3.05) is 12.9 Å². The molecule has 3 N–H and O–H groups in total. The number of rotatable bonds is 1. The fraction of sp³-hybridized carbons (Fsp3) is 0.600. The van der Waals surface area contributed by atoms with Gasteiger partial charge in [0.05, 0.1) is 4.21 Å². The Bertz CT molecular complexity index is 403. The average Bonchev–Trinajstić information content (AvgIpc) is 2.78. The van der Waals surface area contributed by atoms with Crippen LogP contribution >= 0.6 is 23.1 Å². The number of primary sulfonamides is 1. The van der Waals surface area contributed by atoms with E-state index >= 15 is 0 Å². The second-order valence-electron chi connectivity index (χ2n) is 2.88. The number of thioether (sulfide) groups is 1. The Morgan fingerprint density at radius 2 is 1.94 bits per heavy atom. The number of thiophene rings is 1. The van der Waals surface area contributed by atoms with Crippen molar-refractivity contribution in [2.24, 2.45) is 5.14 Å².